The van der Waals surface area contributed by atoms with Gasteiger partial charge in [0.1, 0.15) is 0 Å². The lowest BCUT2D eigenvalue weighted by Crippen LogP contribution is -2.27. The SMILES string of the molecule is CN(Cc1ccc(Cl)cc1)S(=O)(=O)c1ccc(CO)cn1. The first-order chi connectivity index (χ1) is 9.93. The quantitative estimate of drug-likeness (QED) is 0.913. The third-order valence-corrected chi connectivity index (χ3v) is 4.95. The monoisotopic (exact) mass is 326 g/mol. The van der Waals surface area contributed by atoms with Crippen molar-refractivity contribution < 1.29 is 13.5 Å². The van der Waals surface area contributed by atoms with Gasteiger partial charge in [-0.2, -0.15) is 4.31 Å². The summed E-state index contributed by atoms with van der Waals surface area (Å²) < 4.78 is 26.0. The van der Waals surface area contributed by atoms with Gasteiger partial charge in [-0.05, 0) is 29.3 Å². The molecule has 21 heavy (non-hydrogen) atoms. The Morgan fingerprint density at radius 1 is 1.14 bits per heavy atom. The van der Waals surface area contributed by atoms with Crippen molar-refractivity contribution in [3.05, 3.63) is 58.7 Å². The molecule has 0 amide bonds. The lowest BCUT2D eigenvalue weighted by atomic mass is 10.2. The van der Waals surface area contributed by atoms with Gasteiger partial charge in [0, 0.05) is 24.8 Å². The molecule has 2 aromatic rings. The molecular weight excluding hydrogens is 312 g/mol. The highest BCUT2D eigenvalue weighted by Gasteiger charge is 2.22. The van der Waals surface area contributed by atoms with E-state index in [1.165, 1.54) is 29.7 Å². The van der Waals surface area contributed by atoms with Gasteiger partial charge in [-0.3, -0.25) is 0 Å². The molecule has 1 heterocycles. The van der Waals surface area contributed by atoms with Crippen molar-refractivity contribution in [2.24, 2.45) is 0 Å². The summed E-state index contributed by atoms with van der Waals surface area (Å²) in [6.45, 7) is 0.0525. The summed E-state index contributed by atoms with van der Waals surface area (Å²) in [5.74, 6) is 0. The van der Waals surface area contributed by atoms with Crippen LogP contribution in [0.3, 0.4) is 0 Å². The summed E-state index contributed by atoms with van der Waals surface area (Å²) in [6.07, 6.45) is 1.35. The van der Waals surface area contributed by atoms with Crippen molar-refractivity contribution in [1.82, 2.24) is 9.29 Å². The summed E-state index contributed by atoms with van der Waals surface area (Å²) >= 11 is 5.80. The number of sulfonamides is 1. The largest absolute Gasteiger partial charge is 0.392 e. The maximum atomic E-state index is 12.4. The molecule has 112 valence electrons. The maximum Gasteiger partial charge on any atom is 0.260 e. The molecular formula is C14H15ClN2O3S. The topological polar surface area (TPSA) is 70.5 Å². The summed E-state index contributed by atoms with van der Waals surface area (Å²) in [6, 6.07) is 9.90. The van der Waals surface area contributed by atoms with Crippen LogP contribution in [0.5, 0.6) is 0 Å². The number of halogens is 1. The molecule has 0 aliphatic carbocycles. The summed E-state index contributed by atoms with van der Waals surface area (Å²) in [5.41, 5.74) is 1.40. The number of pyridine rings is 1. The highest BCUT2D eigenvalue weighted by Crippen LogP contribution is 2.16. The van der Waals surface area contributed by atoms with Gasteiger partial charge in [0.15, 0.2) is 5.03 Å². The Labute approximate surface area is 128 Å². The van der Waals surface area contributed by atoms with Crippen molar-refractivity contribution in [3.8, 4) is 0 Å². The zero-order chi connectivity index (χ0) is 15.5. The third kappa shape index (κ3) is 3.79. The lowest BCUT2D eigenvalue weighted by molar-refractivity contribution is 0.281. The molecule has 0 radical (unpaired) electrons. The van der Waals surface area contributed by atoms with Crippen molar-refractivity contribution in [3.63, 3.8) is 0 Å². The van der Waals surface area contributed by atoms with E-state index in [-0.39, 0.29) is 18.2 Å². The zero-order valence-corrected chi connectivity index (χ0v) is 13.0. The van der Waals surface area contributed by atoms with Gasteiger partial charge >= 0.3 is 0 Å². The second-order valence-corrected chi connectivity index (χ2v) is 6.98. The van der Waals surface area contributed by atoms with Crippen LogP contribution in [-0.4, -0.2) is 29.9 Å². The fraction of sp³-hybridized carbons (Fsp3) is 0.214. The number of aromatic nitrogens is 1. The molecule has 2 rings (SSSR count). The Kier molecular flexibility index (Phi) is 4.95. The molecule has 0 aliphatic rings. The van der Waals surface area contributed by atoms with Gasteiger partial charge in [0.25, 0.3) is 10.0 Å². The third-order valence-electron chi connectivity index (χ3n) is 2.97. The highest BCUT2D eigenvalue weighted by atomic mass is 35.5. The summed E-state index contributed by atoms with van der Waals surface area (Å²) in [7, 11) is -2.17. The van der Waals surface area contributed by atoms with E-state index in [4.69, 9.17) is 16.7 Å². The van der Waals surface area contributed by atoms with Crippen LogP contribution in [0.15, 0.2) is 47.6 Å². The molecule has 0 unspecified atom stereocenters. The normalized spacial score (nSPS) is 11.8. The molecule has 0 spiro atoms. The van der Waals surface area contributed by atoms with Crippen molar-refractivity contribution in [1.29, 1.82) is 0 Å². The van der Waals surface area contributed by atoms with Crippen LogP contribution in [0.2, 0.25) is 5.02 Å². The van der Waals surface area contributed by atoms with E-state index < -0.39 is 10.0 Å². The predicted molar refractivity (Wildman–Crippen MR) is 80.3 cm³/mol. The van der Waals surface area contributed by atoms with Gasteiger partial charge < -0.3 is 5.11 Å². The average Bonchev–Trinajstić information content (AvgIpc) is 2.49. The van der Waals surface area contributed by atoms with E-state index in [9.17, 15) is 8.42 Å². The molecule has 7 heteroatoms. The molecule has 0 saturated heterocycles. The minimum atomic E-state index is -3.66. The summed E-state index contributed by atoms with van der Waals surface area (Å²) in [4.78, 5) is 3.89. The van der Waals surface area contributed by atoms with Gasteiger partial charge in [-0.25, -0.2) is 13.4 Å². The Hall–Kier alpha value is -1.47. The molecule has 1 aromatic heterocycles. The Balaban J connectivity index is 2.19. The first kappa shape index (κ1) is 15.9. The molecule has 0 fully saturated rings. The maximum absolute atomic E-state index is 12.4. The van der Waals surface area contributed by atoms with Gasteiger partial charge in [-0.15, -0.1) is 0 Å². The number of aliphatic hydroxyl groups is 1. The number of hydrogen-bond donors (Lipinski definition) is 1. The molecule has 1 aromatic carbocycles. The van der Waals surface area contributed by atoms with E-state index in [1.54, 1.807) is 24.3 Å². The summed E-state index contributed by atoms with van der Waals surface area (Å²) in [5, 5.41) is 9.50. The molecule has 1 N–H and O–H groups in total. The first-order valence-electron chi connectivity index (χ1n) is 6.20. The van der Waals surface area contributed by atoms with E-state index >= 15 is 0 Å². The van der Waals surface area contributed by atoms with Crippen LogP contribution >= 0.6 is 11.6 Å². The Bertz CT molecular complexity index is 700. The minimum Gasteiger partial charge on any atom is -0.392 e. The molecule has 0 atom stereocenters. The Morgan fingerprint density at radius 3 is 2.29 bits per heavy atom. The van der Waals surface area contributed by atoms with Crippen LogP contribution in [0.25, 0.3) is 0 Å². The number of hydrogen-bond acceptors (Lipinski definition) is 4. The molecule has 0 saturated carbocycles. The fourth-order valence-corrected chi connectivity index (χ4v) is 2.94. The molecule has 0 bridgehead atoms. The zero-order valence-electron chi connectivity index (χ0n) is 11.4. The van der Waals surface area contributed by atoms with Crippen LogP contribution in [0, 0.1) is 0 Å². The van der Waals surface area contributed by atoms with E-state index in [0.29, 0.717) is 10.6 Å². The number of aliphatic hydroxyl groups excluding tert-OH is 1. The van der Waals surface area contributed by atoms with Gasteiger partial charge in [0.2, 0.25) is 0 Å². The van der Waals surface area contributed by atoms with Crippen LogP contribution in [0.4, 0.5) is 0 Å². The fourth-order valence-electron chi connectivity index (χ4n) is 1.75. The van der Waals surface area contributed by atoms with Crippen LogP contribution in [-0.2, 0) is 23.2 Å². The average molecular weight is 327 g/mol. The minimum absolute atomic E-state index is 0.0452. The standard InChI is InChI=1S/C14H15ClN2O3S/c1-17(9-11-2-5-13(15)6-3-11)21(19,20)14-7-4-12(10-18)8-16-14/h2-8,18H,9-10H2,1H3. The second kappa shape index (κ2) is 6.53. The Morgan fingerprint density at radius 2 is 1.76 bits per heavy atom. The molecule has 5 nitrogen and oxygen atoms in total. The highest BCUT2D eigenvalue weighted by molar-refractivity contribution is 7.89. The first-order valence-corrected chi connectivity index (χ1v) is 8.02. The number of nitrogens with zero attached hydrogens (tertiary/aromatic N) is 2. The number of rotatable bonds is 5. The smallest absolute Gasteiger partial charge is 0.260 e. The van der Waals surface area contributed by atoms with Crippen LogP contribution < -0.4 is 0 Å². The lowest BCUT2D eigenvalue weighted by Gasteiger charge is -2.16. The van der Waals surface area contributed by atoms with Crippen molar-refractivity contribution in [2.45, 2.75) is 18.2 Å². The van der Waals surface area contributed by atoms with Crippen molar-refractivity contribution >= 4 is 21.6 Å². The van der Waals surface area contributed by atoms with E-state index in [2.05, 4.69) is 4.98 Å². The van der Waals surface area contributed by atoms with Crippen molar-refractivity contribution in [2.75, 3.05) is 7.05 Å². The van der Waals surface area contributed by atoms with E-state index in [1.807, 2.05) is 0 Å². The molecule has 0 aliphatic heterocycles. The number of benzene rings is 1. The predicted octanol–water partition coefficient (Wildman–Crippen LogP) is 2.05. The van der Waals surface area contributed by atoms with E-state index in [0.717, 1.165) is 5.56 Å². The second-order valence-electron chi connectivity index (χ2n) is 4.55. The van der Waals surface area contributed by atoms with Gasteiger partial charge in [-0.1, -0.05) is 29.8 Å². The van der Waals surface area contributed by atoms with Crippen LogP contribution in [0.1, 0.15) is 11.1 Å². The van der Waals surface area contributed by atoms with Gasteiger partial charge in [0.05, 0.1) is 6.61 Å².